The smallest absolute Gasteiger partial charge is 0.309 e. The zero-order chi connectivity index (χ0) is 20.2. The van der Waals surface area contributed by atoms with Crippen LogP contribution < -0.4 is 17.0 Å². The molecule has 0 atom stereocenters. The summed E-state index contributed by atoms with van der Waals surface area (Å²) in [4.78, 5) is 13.1. The van der Waals surface area contributed by atoms with Crippen LogP contribution in [-0.4, -0.2) is 43.2 Å². The fourth-order valence-electron chi connectivity index (χ4n) is 5.86. The van der Waals surface area contributed by atoms with Crippen molar-refractivity contribution < 1.29 is 31.0 Å². The van der Waals surface area contributed by atoms with E-state index < -0.39 is 0 Å². The average Bonchev–Trinajstić information content (AvgIpc) is 3.42. The quantitative estimate of drug-likeness (QED) is 0.219. The highest BCUT2D eigenvalue weighted by Gasteiger charge is 2.39. The van der Waals surface area contributed by atoms with E-state index in [1.54, 1.807) is 0 Å². The van der Waals surface area contributed by atoms with Gasteiger partial charge >= 0.3 is 5.97 Å². The Hall–Kier alpha value is -0.0900. The van der Waals surface area contributed by atoms with Crippen LogP contribution in [0.3, 0.4) is 0 Å². The molecule has 2 saturated carbocycles. The molecule has 0 aromatic heterocycles. The van der Waals surface area contributed by atoms with Crippen molar-refractivity contribution in [3.8, 4) is 0 Å². The summed E-state index contributed by atoms with van der Waals surface area (Å²) in [5, 5.41) is 0. The minimum Gasteiger partial charge on any atom is -1.00 e. The van der Waals surface area contributed by atoms with Gasteiger partial charge in [0.1, 0.15) is 13.2 Å². The van der Waals surface area contributed by atoms with E-state index in [9.17, 15) is 4.79 Å². The van der Waals surface area contributed by atoms with Crippen LogP contribution in [0.25, 0.3) is 0 Å². The first kappa shape index (κ1) is 26.9. The summed E-state index contributed by atoms with van der Waals surface area (Å²) in [6, 6.07) is 0. The molecule has 0 bridgehead atoms. The highest BCUT2D eigenvalue weighted by atomic mass is 79.9. The van der Waals surface area contributed by atoms with Crippen LogP contribution >= 0.6 is 0 Å². The normalized spacial score (nSPS) is 18.3. The molecule has 4 heteroatoms. The van der Waals surface area contributed by atoms with Crippen LogP contribution in [0.1, 0.15) is 104 Å². The number of nitrogens with zero attached hydrogens (tertiary/aromatic N) is 1. The third-order valence-corrected chi connectivity index (χ3v) is 7.98. The minimum absolute atomic E-state index is 0. The minimum atomic E-state index is 0. The first-order valence-corrected chi connectivity index (χ1v) is 12.7. The maximum Gasteiger partial charge on any atom is 0.309 e. The molecule has 0 N–H and O–H groups in total. The molecule has 0 aromatic rings. The summed E-state index contributed by atoms with van der Waals surface area (Å²) in [5.74, 6) is 1.55. The van der Waals surface area contributed by atoms with Crippen LogP contribution in [0.5, 0.6) is 0 Å². The Labute approximate surface area is 191 Å². The molecular formula is C25H48BrNO2. The molecule has 0 aliphatic heterocycles. The average molecular weight is 475 g/mol. The molecule has 0 radical (unpaired) electrons. The number of ether oxygens (including phenoxy) is 1. The Bertz CT molecular complexity index is 411. The van der Waals surface area contributed by atoms with Crippen LogP contribution in [0.15, 0.2) is 0 Å². The molecule has 2 fully saturated rings. The SMILES string of the molecule is CCCCCCC[N+](CC)(CC)CCOC(=O)C(C1CCCC1)C1CCCC1.[Br-]. The fraction of sp³-hybridized carbons (Fsp3) is 0.960. The van der Waals surface area contributed by atoms with Crippen LogP contribution in [0.2, 0.25) is 0 Å². The van der Waals surface area contributed by atoms with Gasteiger partial charge in [0.2, 0.25) is 0 Å². The Morgan fingerprint density at radius 2 is 1.34 bits per heavy atom. The first-order valence-electron chi connectivity index (χ1n) is 12.7. The van der Waals surface area contributed by atoms with Gasteiger partial charge in [-0.05, 0) is 64.2 Å². The number of quaternary nitrogens is 1. The molecular weight excluding hydrogens is 426 g/mol. The van der Waals surface area contributed by atoms with Gasteiger partial charge in [-0.2, -0.15) is 0 Å². The summed E-state index contributed by atoms with van der Waals surface area (Å²) in [6.07, 6.45) is 16.9. The Morgan fingerprint density at radius 3 is 1.83 bits per heavy atom. The third-order valence-electron chi connectivity index (χ3n) is 7.98. The second-order valence-corrected chi connectivity index (χ2v) is 9.62. The number of rotatable bonds is 14. The largest absolute Gasteiger partial charge is 1.00 e. The van der Waals surface area contributed by atoms with E-state index in [4.69, 9.17) is 4.74 Å². The van der Waals surface area contributed by atoms with E-state index in [-0.39, 0.29) is 28.9 Å². The van der Waals surface area contributed by atoms with Gasteiger partial charge < -0.3 is 26.2 Å². The molecule has 2 aliphatic carbocycles. The number of halogens is 1. The molecule has 0 aromatic carbocycles. The number of carbonyl (C=O) groups excluding carboxylic acids is 1. The van der Waals surface area contributed by atoms with E-state index in [1.165, 1.54) is 90.0 Å². The molecule has 0 saturated heterocycles. The lowest BCUT2D eigenvalue weighted by atomic mass is 9.79. The number of unbranched alkanes of at least 4 members (excludes halogenated alkanes) is 4. The highest BCUT2D eigenvalue weighted by molar-refractivity contribution is 5.73. The number of likely N-dealkylation sites (N-methyl/N-ethyl adjacent to an activating group) is 1. The Kier molecular flexibility index (Phi) is 13.8. The van der Waals surface area contributed by atoms with Crippen LogP contribution in [-0.2, 0) is 9.53 Å². The number of hydrogen-bond acceptors (Lipinski definition) is 2. The summed E-state index contributed by atoms with van der Waals surface area (Å²) in [7, 11) is 0. The number of carbonyl (C=O) groups is 1. The van der Waals surface area contributed by atoms with Crippen molar-refractivity contribution >= 4 is 5.97 Å². The number of esters is 1. The number of hydrogen-bond donors (Lipinski definition) is 0. The molecule has 172 valence electrons. The molecule has 0 spiro atoms. The molecule has 0 amide bonds. The van der Waals surface area contributed by atoms with Gasteiger partial charge in [0.15, 0.2) is 0 Å². The second-order valence-electron chi connectivity index (χ2n) is 9.62. The molecule has 3 nitrogen and oxygen atoms in total. The molecule has 29 heavy (non-hydrogen) atoms. The van der Waals surface area contributed by atoms with Gasteiger partial charge in [-0.15, -0.1) is 0 Å². The van der Waals surface area contributed by atoms with Crippen molar-refractivity contribution in [1.82, 2.24) is 0 Å². The monoisotopic (exact) mass is 473 g/mol. The Balaban J connectivity index is 0.00000420. The van der Waals surface area contributed by atoms with Crippen molar-refractivity contribution in [2.45, 2.75) is 104 Å². The Morgan fingerprint density at radius 1 is 0.828 bits per heavy atom. The standard InChI is InChI=1S/C25H48NO2.BrH/c1-4-7-8-9-14-19-26(5-2,6-3)20-21-28-25(27)24(22-15-10-11-16-22)23-17-12-13-18-23;/h22-24H,4-21H2,1-3H3;1H/q+1;/p-1. The molecule has 2 aliphatic rings. The van der Waals surface area contributed by atoms with Crippen molar-refractivity contribution in [2.24, 2.45) is 17.8 Å². The summed E-state index contributed by atoms with van der Waals surface area (Å²) in [6.45, 7) is 12.0. The van der Waals surface area contributed by atoms with Crippen molar-refractivity contribution in [3.05, 3.63) is 0 Å². The maximum atomic E-state index is 13.1. The van der Waals surface area contributed by atoms with Gasteiger partial charge in [0.05, 0.1) is 25.6 Å². The predicted octanol–water partition coefficient (Wildman–Crippen LogP) is 3.36. The van der Waals surface area contributed by atoms with Crippen LogP contribution in [0.4, 0.5) is 0 Å². The zero-order valence-electron chi connectivity index (χ0n) is 19.6. The van der Waals surface area contributed by atoms with E-state index >= 15 is 0 Å². The third kappa shape index (κ3) is 8.51. The lowest BCUT2D eigenvalue weighted by molar-refractivity contribution is -0.925. The van der Waals surface area contributed by atoms with E-state index in [2.05, 4.69) is 20.8 Å². The summed E-state index contributed by atoms with van der Waals surface area (Å²) in [5.41, 5.74) is 0. The summed E-state index contributed by atoms with van der Waals surface area (Å²) >= 11 is 0. The van der Waals surface area contributed by atoms with Gasteiger partial charge in [0, 0.05) is 0 Å². The lowest BCUT2D eigenvalue weighted by Crippen LogP contribution is -3.00. The zero-order valence-corrected chi connectivity index (χ0v) is 21.2. The lowest BCUT2D eigenvalue weighted by Gasteiger charge is -2.37. The van der Waals surface area contributed by atoms with Crippen molar-refractivity contribution in [1.29, 1.82) is 0 Å². The topological polar surface area (TPSA) is 26.3 Å². The van der Waals surface area contributed by atoms with Crippen molar-refractivity contribution in [2.75, 3.05) is 32.8 Å². The highest BCUT2D eigenvalue weighted by Crippen LogP contribution is 2.42. The summed E-state index contributed by atoms with van der Waals surface area (Å²) < 4.78 is 7.09. The van der Waals surface area contributed by atoms with E-state index in [1.807, 2.05) is 0 Å². The first-order chi connectivity index (χ1) is 13.7. The predicted molar refractivity (Wildman–Crippen MR) is 118 cm³/mol. The van der Waals surface area contributed by atoms with E-state index in [0.717, 1.165) is 24.1 Å². The molecule has 0 heterocycles. The van der Waals surface area contributed by atoms with Gasteiger partial charge in [0.25, 0.3) is 0 Å². The fourth-order valence-corrected chi connectivity index (χ4v) is 5.86. The van der Waals surface area contributed by atoms with Crippen LogP contribution in [0, 0.1) is 17.8 Å². The van der Waals surface area contributed by atoms with Gasteiger partial charge in [-0.1, -0.05) is 51.9 Å². The van der Waals surface area contributed by atoms with Gasteiger partial charge in [-0.25, -0.2) is 0 Å². The maximum absolute atomic E-state index is 13.1. The van der Waals surface area contributed by atoms with Gasteiger partial charge in [-0.3, -0.25) is 4.79 Å². The van der Waals surface area contributed by atoms with E-state index in [0.29, 0.717) is 18.4 Å². The molecule has 0 unspecified atom stereocenters. The second kappa shape index (κ2) is 14.8. The van der Waals surface area contributed by atoms with Crippen molar-refractivity contribution in [3.63, 3.8) is 0 Å². The molecule has 2 rings (SSSR count).